The van der Waals surface area contributed by atoms with Crippen molar-refractivity contribution in [3.05, 3.63) is 64.2 Å². The highest BCUT2D eigenvalue weighted by Crippen LogP contribution is 2.34. The Morgan fingerprint density at radius 1 is 1.19 bits per heavy atom. The molecule has 0 saturated carbocycles. The van der Waals surface area contributed by atoms with Crippen LogP contribution in [0.15, 0.2) is 47.3 Å². The number of fused-ring (bicyclic) bond motifs is 1. The van der Waals surface area contributed by atoms with Crippen LogP contribution in [-0.4, -0.2) is 52.9 Å². The Morgan fingerprint density at radius 2 is 1.94 bits per heavy atom. The van der Waals surface area contributed by atoms with E-state index in [0.717, 1.165) is 17.1 Å². The summed E-state index contributed by atoms with van der Waals surface area (Å²) in [6.07, 6.45) is -0.697. The van der Waals surface area contributed by atoms with E-state index in [9.17, 15) is 9.90 Å². The van der Waals surface area contributed by atoms with Crippen LogP contribution in [0.3, 0.4) is 0 Å². The SMILES string of the molecule is CCN(Cc1nc2ccccc2c(=O)[nH]1)CC(O)COc1ccc(OC)cc1C(C)(C)C. The molecule has 0 aliphatic rings. The highest BCUT2D eigenvalue weighted by molar-refractivity contribution is 5.77. The number of likely N-dealkylation sites (N-methyl/N-ethyl adjacent to an activating group) is 1. The van der Waals surface area contributed by atoms with E-state index in [1.165, 1.54) is 0 Å². The van der Waals surface area contributed by atoms with E-state index in [1.807, 2.05) is 48.2 Å². The first-order valence-electron chi connectivity index (χ1n) is 10.9. The number of aliphatic hydroxyl groups excluding tert-OH is 1. The lowest BCUT2D eigenvalue weighted by molar-refractivity contribution is 0.0660. The molecule has 0 aliphatic carbocycles. The topological polar surface area (TPSA) is 87.7 Å². The van der Waals surface area contributed by atoms with Crippen molar-refractivity contribution in [2.75, 3.05) is 26.8 Å². The molecule has 3 aromatic rings. The Bertz CT molecular complexity index is 1100. The van der Waals surface area contributed by atoms with Gasteiger partial charge in [-0.2, -0.15) is 0 Å². The van der Waals surface area contributed by atoms with Gasteiger partial charge in [-0.3, -0.25) is 9.69 Å². The lowest BCUT2D eigenvalue weighted by atomic mass is 9.86. The summed E-state index contributed by atoms with van der Waals surface area (Å²) < 4.78 is 11.3. The number of nitrogens with zero attached hydrogens (tertiary/aromatic N) is 2. The average molecular weight is 440 g/mol. The predicted molar refractivity (Wildman–Crippen MR) is 127 cm³/mol. The normalized spacial score (nSPS) is 12.8. The molecular weight excluding hydrogens is 406 g/mol. The van der Waals surface area contributed by atoms with Crippen LogP contribution in [0.4, 0.5) is 0 Å². The maximum absolute atomic E-state index is 12.3. The summed E-state index contributed by atoms with van der Waals surface area (Å²) in [7, 11) is 1.64. The first kappa shape index (κ1) is 23.8. The maximum atomic E-state index is 12.3. The Hall–Kier alpha value is -2.90. The van der Waals surface area contributed by atoms with Crippen molar-refractivity contribution < 1.29 is 14.6 Å². The molecule has 2 aromatic carbocycles. The number of H-pyrrole nitrogens is 1. The van der Waals surface area contributed by atoms with Crippen molar-refractivity contribution >= 4 is 10.9 Å². The van der Waals surface area contributed by atoms with E-state index in [2.05, 4.69) is 30.7 Å². The smallest absolute Gasteiger partial charge is 0.258 e. The molecule has 32 heavy (non-hydrogen) atoms. The molecule has 7 heteroatoms. The quantitative estimate of drug-likeness (QED) is 0.531. The maximum Gasteiger partial charge on any atom is 0.258 e. The monoisotopic (exact) mass is 439 g/mol. The van der Waals surface area contributed by atoms with E-state index >= 15 is 0 Å². The van der Waals surface area contributed by atoms with Gasteiger partial charge in [-0.05, 0) is 42.3 Å². The molecule has 1 atom stereocenters. The minimum absolute atomic E-state index is 0.127. The van der Waals surface area contributed by atoms with Crippen molar-refractivity contribution in [1.29, 1.82) is 0 Å². The largest absolute Gasteiger partial charge is 0.497 e. The molecule has 0 bridgehead atoms. The van der Waals surface area contributed by atoms with Gasteiger partial charge in [-0.25, -0.2) is 4.98 Å². The van der Waals surface area contributed by atoms with Crippen molar-refractivity contribution in [3.63, 3.8) is 0 Å². The molecule has 1 heterocycles. The summed E-state index contributed by atoms with van der Waals surface area (Å²) >= 11 is 0. The van der Waals surface area contributed by atoms with Crippen LogP contribution in [0.25, 0.3) is 10.9 Å². The molecule has 0 fully saturated rings. The lowest BCUT2D eigenvalue weighted by Crippen LogP contribution is -2.36. The molecule has 3 rings (SSSR count). The van der Waals surface area contributed by atoms with Crippen LogP contribution < -0.4 is 15.0 Å². The third-order valence-electron chi connectivity index (χ3n) is 5.38. The second kappa shape index (κ2) is 10.1. The Kier molecular flexibility index (Phi) is 7.53. The number of aliphatic hydroxyl groups is 1. The molecule has 1 aromatic heterocycles. The molecule has 0 amide bonds. The molecule has 7 nitrogen and oxygen atoms in total. The fourth-order valence-electron chi connectivity index (χ4n) is 3.61. The number of benzene rings is 2. The third-order valence-corrected chi connectivity index (χ3v) is 5.38. The van der Waals surface area contributed by atoms with Gasteiger partial charge in [0.15, 0.2) is 0 Å². The van der Waals surface area contributed by atoms with E-state index in [4.69, 9.17) is 9.47 Å². The second-order valence-corrected chi connectivity index (χ2v) is 8.93. The van der Waals surface area contributed by atoms with Gasteiger partial charge in [-0.15, -0.1) is 0 Å². The molecule has 0 aliphatic heterocycles. The third kappa shape index (κ3) is 5.87. The van der Waals surface area contributed by atoms with Crippen LogP contribution in [0.2, 0.25) is 0 Å². The summed E-state index contributed by atoms with van der Waals surface area (Å²) in [6, 6.07) is 13.0. The van der Waals surface area contributed by atoms with Crippen LogP contribution in [0.1, 0.15) is 39.1 Å². The zero-order valence-corrected chi connectivity index (χ0v) is 19.5. The number of hydrogen-bond donors (Lipinski definition) is 2. The van der Waals surface area contributed by atoms with Gasteiger partial charge in [0.25, 0.3) is 5.56 Å². The average Bonchev–Trinajstić information content (AvgIpc) is 2.76. The summed E-state index contributed by atoms with van der Waals surface area (Å²) in [5.41, 5.74) is 1.41. The summed E-state index contributed by atoms with van der Waals surface area (Å²) in [5.74, 6) is 2.09. The van der Waals surface area contributed by atoms with Crippen molar-refractivity contribution in [2.45, 2.75) is 45.8 Å². The fraction of sp³-hybridized carbons (Fsp3) is 0.440. The van der Waals surface area contributed by atoms with Gasteiger partial charge in [0.05, 0.1) is 24.6 Å². The minimum Gasteiger partial charge on any atom is -0.497 e. The van der Waals surface area contributed by atoms with Gasteiger partial charge in [-0.1, -0.05) is 39.8 Å². The van der Waals surface area contributed by atoms with Crippen LogP contribution >= 0.6 is 0 Å². The lowest BCUT2D eigenvalue weighted by Gasteiger charge is -2.26. The van der Waals surface area contributed by atoms with Gasteiger partial charge in [0, 0.05) is 12.1 Å². The second-order valence-electron chi connectivity index (χ2n) is 8.93. The van der Waals surface area contributed by atoms with E-state index in [0.29, 0.717) is 36.4 Å². The Labute approximate surface area is 189 Å². The van der Waals surface area contributed by atoms with Gasteiger partial charge >= 0.3 is 0 Å². The van der Waals surface area contributed by atoms with Crippen LogP contribution in [0.5, 0.6) is 11.5 Å². The number of aromatic nitrogens is 2. The van der Waals surface area contributed by atoms with Crippen molar-refractivity contribution in [3.8, 4) is 11.5 Å². The van der Waals surface area contributed by atoms with E-state index in [1.54, 1.807) is 13.2 Å². The standard InChI is InChI=1S/C25H33N3O4/c1-6-28(15-23-26-21-10-8-7-9-19(21)24(30)27-23)14-17(29)16-32-22-12-11-18(31-5)13-20(22)25(2,3)4/h7-13,17,29H,6,14-16H2,1-5H3,(H,26,27,30). The number of para-hydroxylation sites is 1. The zero-order chi connectivity index (χ0) is 23.3. The van der Waals surface area contributed by atoms with E-state index in [-0.39, 0.29) is 17.6 Å². The minimum atomic E-state index is -0.697. The highest BCUT2D eigenvalue weighted by atomic mass is 16.5. The van der Waals surface area contributed by atoms with Gasteiger partial charge in [0.1, 0.15) is 30.0 Å². The molecular formula is C25H33N3O4. The van der Waals surface area contributed by atoms with Crippen molar-refractivity contribution in [2.24, 2.45) is 0 Å². The highest BCUT2D eigenvalue weighted by Gasteiger charge is 2.21. The number of aromatic amines is 1. The molecule has 2 N–H and O–H groups in total. The van der Waals surface area contributed by atoms with Gasteiger partial charge in [0.2, 0.25) is 0 Å². The fourth-order valence-corrected chi connectivity index (χ4v) is 3.61. The zero-order valence-electron chi connectivity index (χ0n) is 19.5. The molecule has 0 radical (unpaired) electrons. The van der Waals surface area contributed by atoms with Crippen molar-refractivity contribution in [1.82, 2.24) is 14.9 Å². The summed E-state index contributed by atoms with van der Waals surface area (Å²) in [6.45, 7) is 10.0. The summed E-state index contributed by atoms with van der Waals surface area (Å²) in [5, 5.41) is 11.2. The number of rotatable bonds is 9. The number of nitrogens with one attached hydrogen (secondary N) is 1. The first-order chi connectivity index (χ1) is 15.2. The predicted octanol–water partition coefficient (Wildman–Crippen LogP) is 3.49. The molecule has 0 saturated heterocycles. The molecule has 1 unspecified atom stereocenters. The number of hydrogen-bond acceptors (Lipinski definition) is 6. The van der Waals surface area contributed by atoms with Crippen LogP contribution in [-0.2, 0) is 12.0 Å². The van der Waals surface area contributed by atoms with Crippen LogP contribution in [0, 0.1) is 0 Å². The first-order valence-corrected chi connectivity index (χ1v) is 10.9. The molecule has 172 valence electrons. The Balaban J connectivity index is 1.65. The van der Waals surface area contributed by atoms with E-state index < -0.39 is 6.10 Å². The Morgan fingerprint density at radius 3 is 2.62 bits per heavy atom. The van der Waals surface area contributed by atoms with Gasteiger partial charge < -0.3 is 19.6 Å². The molecule has 0 spiro atoms. The number of methoxy groups -OCH3 is 1. The number of ether oxygens (including phenoxy) is 2. The summed E-state index contributed by atoms with van der Waals surface area (Å²) in [4.78, 5) is 21.8.